The van der Waals surface area contributed by atoms with Crippen molar-refractivity contribution in [1.29, 1.82) is 0 Å². The van der Waals surface area contributed by atoms with Crippen LogP contribution in [0.4, 0.5) is 0 Å². The van der Waals surface area contributed by atoms with E-state index in [1.165, 1.54) is 11.3 Å². The summed E-state index contributed by atoms with van der Waals surface area (Å²) >= 11 is 0. The van der Waals surface area contributed by atoms with Gasteiger partial charge in [0.2, 0.25) is 11.8 Å². The summed E-state index contributed by atoms with van der Waals surface area (Å²) in [6, 6.07) is 6.51. The maximum Gasteiger partial charge on any atom is 0.258 e. The van der Waals surface area contributed by atoms with E-state index < -0.39 is 6.04 Å². The van der Waals surface area contributed by atoms with Gasteiger partial charge in [-0.1, -0.05) is 45.2 Å². The minimum absolute atomic E-state index is 0.00150. The monoisotopic (exact) mass is 398 g/mol. The number of likely N-dealkylation sites (N-methyl/N-ethyl adjacent to an activating group) is 1. The van der Waals surface area contributed by atoms with Crippen molar-refractivity contribution >= 4 is 22.7 Å². The number of fused-ring (bicyclic) bond motifs is 1. The first-order chi connectivity index (χ1) is 13.9. The van der Waals surface area contributed by atoms with Crippen LogP contribution >= 0.6 is 0 Å². The van der Waals surface area contributed by atoms with Gasteiger partial charge in [-0.3, -0.25) is 14.4 Å². The molecule has 1 aromatic heterocycles. The molecule has 0 radical (unpaired) electrons. The van der Waals surface area contributed by atoms with Crippen LogP contribution < -0.4 is 10.9 Å². The standard InChI is InChI=1S/C22H30N4O3/c1-14(2)19(25-20(27)15-9-5-4-6-10-15)22(29)26(3)13-18-23-17-12-8-7-11-16(17)21(28)24-18/h7-8,11-12,14-15,19H,4-6,9-10,13H2,1-3H3,(H,25,27)(H,23,24,28)/t19-/m0/s1. The van der Waals surface area contributed by atoms with E-state index in [2.05, 4.69) is 15.3 Å². The number of aromatic nitrogens is 2. The third kappa shape index (κ3) is 5.02. The first-order valence-corrected chi connectivity index (χ1v) is 10.4. The number of carbonyl (C=O) groups excluding carboxylic acids is 2. The van der Waals surface area contributed by atoms with Gasteiger partial charge in [-0.15, -0.1) is 0 Å². The topological polar surface area (TPSA) is 95.2 Å². The Hall–Kier alpha value is -2.70. The molecule has 1 saturated carbocycles. The van der Waals surface area contributed by atoms with Crippen molar-refractivity contribution in [3.8, 4) is 0 Å². The second-order valence-electron chi connectivity index (χ2n) is 8.29. The zero-order valence-corrected chi connectivity index (χ0v) is 17.4. The minimum atomic E-state index is -0.596. The lowest BCUT2D eigenvalue weighted by Gasteiger charge is -2.29. The molecule has 1 fully saturated rings. The van der Waals surface area contributed by atoms with Crippen molar-refractivity contribution in [2.24, 2.45) is 11.8 Å². The number of benzene rings is 1. The number of nitrogens with one attached hydrogen (secondary N) is 2. The van der Waals surface area contributed by atoms with Crippen LogP contribution in [-0.4, -0.2) is 39.8 Å². The summed E-state index contributed by atoms with van der Waals surface area (Å²) in [5.74, 6) is 0.177. The maximum absolute atomic E-state index is 13.0. The van der Waals surface area contributed by atoms with Crippen LogP contribution in [0.5, 0.6) is 0 Å². The largest absolute Gasteiger partial charge is 0.344 e. The Morgan fingerprint density at radius 3 is 2.59 bits per heavy atom. The van der Waals surface area contributed by atoms with E-state index in [1.807, 2.05) is 19.9 Å². The van der Waals surface area contributed by atoms with Gasteiger partial charge < -0.3 is 15.2 Å². The highest BCUT2D eigenvalue weighted by atomic mass is 16.2. The van der Waals surface area contributed by atoms with Gasteiger partial charge in [0.05, 0.1) is 17.4 Å². The van der Waals surface area contributed by atoms with Crippen molar-refractivity contribution in [3.63, 3.8) is 0 Å². The number of hydrogen-bond donors (Lipinski definition) is 2. The Morgan fingerprint density at radius 2 is 1.90 bits per heavy atom. The highest BCUT2D eigenvalue weighted by Crippen LogP contribution is 2.24. The van der Waals surface area contributed by atoms with E-state index in [9.17, 15) is 14.4 Å². The molecule has 2 N–H and O–H groups in total. The van der Waals surface area contributed by atoms with Crippen molar-refractivity contribution in [2.75, 3.05) is 7.05 Å². The number of H-pyrrole nitrogens is 1. The fraction of sp³-hybridized carbons (Fsp3) is 0.545. The molecular formula is C22H30N4O3. The van der Waals surface area contributed by atoms with Crippen LogP contribution in [0.2, 0.25) is 0 Å². The summed E-state index contributed by atoms with van der Waals surface area (Å²) in [7, 11) is 1.67. The van der Waals surface area contributed by atoms with Crippen LogP contribution in [0.15, 0.2) is 29.1 Å². The number of carbonyl (C=O) groups is 2. The molecule has 1 aliphatic carbocycles. The van der Waals surface area contributed by atoms with Crippen LogP contribution in [0.3, 0.4) is 0 Å². The summed E-state index contributed by atoms with van der Waals surface area (Å²) < 4.78 is 0. The molecule has 0 aliphatic heterocycles. The van der Waals surface area contributed by atoms with Crippen LogP contribution in [0.25, 0.3) is 10.9 Å². The van der Waals surface area contributed by atoms with Crippen molar-refractivity contribution in [3.05, 3.63) is 40.4 Å². The number of hydrogen-bond acceptors (Lipinski definition) is 4. The van der Waals surface area contributed by atoms with E-state index in [0.717, 1.165) is 25.7 Å². The number of amides is 2. The summed E-state index contributed by atoms with van der Waals surface area (Å²) in [5.41, 5.74) is 0.371. The first-order valence-electron chi connectivity index (χ1n) is 10.4. The summed E-state index contributed by atoms with van der Waals surface area (Å²) in [5, 5.41) is 3.49. The Balaban J connectivity index is 1.71. The van der Waals surface area contributed by atoms with Crippen molar-refractivity contribution in [2.45, 2.75) is 58.5 Å². The molecule has 0 spiro atoms. The van der Waals surface area contributed by atoms with Crippen LogP contribution in [0, 0.1) is 11.8 Å². The van der Waals surface area contributed by atoms with Gasteiger partial charge in [-0.2, -0.15) is 0 Å². The first kappa shape index (κ1) is 21.0. The Kier molecular flexibility index (Phi) is 6.67. The lowest BCUT2D eigenvalue weighted by atomic mass is 9.88. The molecule has 3 rings (SSSR count). The van der Waals surface area contributed by atoms with E-state index in [-0.39, 0.29) is 35.8 Å². The fourth-order valence-electron chi connectivity index (χ4n) is 3.90. The molecule has 1 heterocycles. The Morgan fingerprint density at radius 1 is 1.21 bits per heavy atom. The lowest BCUT2D eigenvalue weighted by Crippen LogP contribution is -2.51. The summed E-state index contributed by atoms with van der Waals surface area (Å²) in [6.07, 6.45) is 5.10. The Labute approximate surface area is 170 Å². The molecule has 29 heavy (non-hydrogen) atoms. The van der Waals surface area contributed by atoms with Gasteiger partial charge in [0.25, 0.3) is 5.56 Å². The fourth-order valence-corrected chi connectivity index (χ4v) is 3.90. The molecule has 0 bridgehead atoms. The maximum atomic E-state index is 13.0. The molecule has 1 aromatic carbocycles. The molecule has 0 saturated heterocycles. The SMILES string of the molecule is CC(C)[C@H](NC(=O)C1CCCCC1)C(=O)N(C)Cc1nc2ccccc2c(=O)[nH]1. The highest BCUT2D eigenvalue weighted by Gasteiger charge is 2.30. The predicted octanol–water partition coefficient (Wildman–Crippen LogP) is 2.60. The van der Waals surface area contributed by atoms with Gasteiger partial charge in [-0.05, 0) is 30.9 Å². The van der Waals surface area contributed by atoms with Gasteiger partial charge in [0, 0.05) is 13.0 Å². The molecule has 2 amide bonds. The molecule has 1 atom stereocenters. The second kappa shape index (κ2) is 9.20. The average molecular weight is 399 g/mol. The third-order valence-corrected chi connectivity index (χ3v) is 5.63. The average Bonchev–Trinajstić information content (AvgIpc) is 2.71. The van der Waals surface area contributed by atoms with E-state index in [1.54, 1.807) is 25.2 Å². The molecular weight excluding hydrogens is 368 g/mol. The lowest BCUT2D eigenvalue weighted by molar-refractivity contribution is -0.138. The Bertz CT molecular complexity index is 931. The number of rotatable bonds is 6. The van der Waals surface area contributed by atoms with E-state index >= 15 is 0 Å². The highest BCUT2D eigenvalue weighted by molar-refractivity contribution is 5.88. The third-order valence-electron chi connectivity index (χ3n) is 5.63. The minimum Gasteiger partial charge on any atom is -0.344 e. The molecule has 7 nitrogen and oxygen atoms in total. The normalized spacial score (nSPS) is 16.0. The molecule has 7 heteroatoms. The van der Waals surface area contributed by atoms with E-state index in [0.29, 0.717) is 16.7 Å². The number of aromatic amines is 1. The van der Waals surface area contributed by atoms with Crippen molar-refractivity contribution in [1.82, 2.24) is 20.2 Å². The zero-order valence-electron chi connectivity index (χ0n) is 17.4. The van der Waals surface area contributed by atoms with Crippen molar-refractivity contribution < 1.29 is 9.59 Å². The summed E-state index contributed by atoms with van der Waals surface area (Å²) in [6.45, 7) is 4.02. The van der Waals surface area contributed by atoms with Gasteiger partial charge >= 0.3 is 0 Å². The number of para-hydroxylation sites is 1. The number of nitrogens with zero attached hydrogens (tertiary/aromatic N) is 2. The quantitative estimate of drug-likeness (QED) is 0.782. The molecule has 1 aliphatic rings. The second-order valence-corrected chi connectivity index (χ2v) is 8.29. The van der Waals surface area contributed by atoms with Gasteiger partial charge in [0.1, 0.15) is 11.9 Å². The molecule has 156 valence electrons. The van der Waals surface area contributed by atoms with Gasteiger partial charge in [-0.25, -0.2) is 4.98 Å². The van der Waals surface area contributed by atoms with Gasteiger partial charge in [0.15, 0.2) is 0 Å². The van der Waals surface area contributed by atoms with E-state index in [4.69, 9.17) is 0 Å². The van der Waals surface area contributed by atoms with Crippen LogP contribution in [-0.2, 0) is 16.1 Å². The van der Waals surface area contributed by atoms with Crippen LogP contribution in [0.1, 0.15) is 51.8 Å². The zero-order chi connectivity index (χ0) is 21.0. The molecule has 2 aromatic rings. The molecule has 0 unspecified atom stereocenters. The predicted molar refractivity (Wildman–Crippen MR) is 112 cm³/mol. The smallest absolute Gasteiger partial charge is 0.258 e. The summed E-state index contributed by atoms with van der Waals surface area (Å²) in [4.78, 5) is 46.7.